The highest BCUT2D eigenvalue weighted by Gasteiger charge is 2.26. The summed E-state index contributed by atoms with van der Waals surface area (Å²) in [5.74, 6) is -1.54. The van der Waals surface area contributed by atoms with Crippen molar-refractivity contribution in [3.05, 3.63) is 71.3 Å². The van der Waals surface area contributed by atoms with Gasteiger partial charge in [0.15, 0.2) is 6.10 Å². The molecule has 2 rings (SSSR count). The third-order valence-corrected chi connectivity index (χ3v) is 3.71. The molecule has 0 aliphatic carbocycles. The summed E-state index contributed by atoms with van der Waals surface area (Å²) in [4.78, 5) is 24.0. The molecule has 0 spiro atoms. The second kappa shape index (κ2) is 8.26. The molecule has 0 heterocycles. The number of aliphatic carboxylic acids is 1. The smallest absolute Gasteiger partial charge is 0.326 e. The summed E-state index contributed by atoms with van der Waals surface area (Å²) in [5.41, 5.74) is 2.58. The fraction of sp³-hybridized carbons (Fsp3) is 0.263. The Hall–Kier alpha value is -2.66. The number of nitrogens with one attached hydrogen (secondary N) is 1. The Morgan fingerprint density at radius 2 is 1.83 bits per heavy atom. The maximum atomic E-state index is 12.4. The quantitative estimate of drug-likeness (QED) is 0.819. The Morgan fingerprint density at radius 1 is 1.12 bits per heavy atom. The molecule has 126 valence electrons. The second-order valence-corrected chi connectivity index (χ2v) is 5.62. The van der Waals surface area contributed by atoms with Crippen LogP contribution in [0, 0.1) is 6.92 Å². The van der Waals surface area contributed by atoms with Crippen LogP contribution in [0.15, 0.2) is 54.6 Å². The molecular weight excluding hydrogens is 306 g/mol. The number of amides is 1. The normalized spacial score (nSPS) is 13.1. The molecule has 2 N–H and O–H groups in total. The van der Waals surface area contributed by atoms with E-state index in [4.69, 9.17) is 4.74 Å². The van der Waals surface area contributed by atoms with E-state index in [2.05, 4.69) is 5.32 Å². The van der Waals surface area contributed by atoms with Gasteiger partial charge < -0.3 is 15.2 Å². The third kappa shape index (κ3) is 4.67. The molecule has 0 unspecified atom stereocenters. The van der Waals surface area contributed by atoms with Crippen LogP contribution in [0.3, 0.4) is 0 Å². The van der Waals surface area contributed by atoms with E-state index >= 15 is 0 Å². The van der Waals surface area contributed by atoms with Crippen molar-refractivity contribution in [3.63, 3.8) is 0 Å². The minimum absolute atomic E-state index is 0.216. The van der Waals surface area contributed by atoms with Gasteiger partial charge in [-0.05, 0) is 18.1 Å². The largest absolute Gasteiger partial charge is 0.480 e. The third-order valence-electron chi connectivity index (χ3n) is 3.71. The number of methoxy groups -OCH3 is 1. The zero-order valence-electron chi connectivity index (χ0n) is 13.7. The van der Waals surface area contributed by atoms with Crippen LogP contribution < -0.4 is 5.32 Å². The first kappa shape index (κ1) is 17.7. The predicted molar refractivity (Wildman–Crippen MR) is 90.6 cm³/mol. The molecule has 0 fully saturated rings. The lowest BCUT2D eigenvalue weighted by Gasteiger charge is -2.20. The Balaban J connectivity index is 2.11. The molecule has 1 amide bonds. The zero-order valence-corrected chi connectivity index (χ0v) is 13.7. The number of rotatable bonds is 7. The molecule has 2 aromatic carbocycles. The van der Waals surface area contributed by atoms with E-state index in [1.54, 1.807) is 24.3 Å². The fourth-order valence-electron chi connectivity index (χ4n) is 2.54. The van der Waals surface area contributed by atoms with Crippen LogP contribution in [0.25, 0.3) is 0 Å². The predicted octanol–water partition coefficient (Wildman–Crippen LogP) is 2.49. The van der Waals surface area contributed by atoms with Crippen LogP contribution in [-0.2, 0) is 20.7 Å². The summed E-state index contributed by atoms with van der Waals surface area (Å²) in [6, 6.07) is 15.5. The number of aryl methyl sites for hydroxylation is 1. The Kier molecular flexibility index (Phi) is 6.09. The summed E-state index contributed by atoms with van der Waals surface area (Å²) >= 11 is 0. The summed E-state index contributed by atoms with van der Waals surface area (Å²) in [6.45, 7) is 1.94. The molecule has 5 nitrogen and oxygen atoms in total. The van der Waals surface area contributed by atoms with Crippen molar-refractivity contribution in [1.29, 1.82) is 0 Å². The van der Waals surface area contributed by atoms with Crippen LogP contribution >= 0.6 is 0 Å². The van der Waals surface area contributed by atoms with Crippen molar-refractivity contribution in [2.75, 3.05) is 7.11 Å². The van der Waals surface area contributed by atoms with Crippen LogP contribution in [0.2, 0.25) is 0 Å². The molecular formula is C19H21NO4. The SMILES string of the molecule is CO[C@@H](C(=O)N[C@H](Cc1cccc(C)c1)C(=O)O)c1ccccc1. The summed E-state index contributed by atoms with van der Waals surface area (Å²) in [7, 11) is 1.42. The highest BCUT2D eigenvalue weighted by atomic mass is 16.5. The molecule has 0 aliphatic heterocycles. The van der Waals surface area contributed by atoms with E-state index < -0.39 is 24.0 Å². The topological polar surface area (TPSA) is 75.6 Å². The number of hydrogen-bond acceptors (Lipinski definition) is 3. The molecule has 2 atom stereocenters. The van der Waals surface area contributed by atoms with Crippen LogP contribution in [0.1, 0.15) is 22.8 Å². The summed E-state index contributed by atoms with van der Waals surface area (Å²) in [6.07, 6.45) is -0.626. The average molecular weight is 327 g/mol. The molecule has 0 radical (unpaired) electrons. The van der Waals surface area contributed by atoms with Crippen LogP contribution in [0.5, 0.6) is 0 Å². The van der Waals surface area contributed by atoms with E-state index in [1.165, 1.54) is 7.11 Å². The number of ether oxygens (including phenoxy) is 1. The van der Waals surface area contributed by atoms with Gasteiger partial charge in [0.05, 0.1) is 0 Å². The number of carbonyl (C=O) groups is 2. The van der Waals surface area contributed by atoms with Crippen molar-refractivity contribution >= 4 is 11.9 Å². The lowest BCUT2D eigenvalue weighted by Crippen LogP contribution is -2.44. The molecule has 0 aliphatic rings. The minimum Gasteiger partial charge on any atom is -0.480 e. The average Bonchev–Trinajstić information content (AvgIpc) is 2.56. The highest BCUT2D eigenvalue weighted by molar-refractivity contribution is 5.87. The first-order valence-electron chi connectivity index (χ1n) is 7.67. The maximum absolute atomic E-state index is 12.4. The van der Waals surface area contributed by atoms with Crippen molar-refractivity contribution in [2.24, 2.45) is 0 Å². The number of carbonyl (C=O) groups excluding carboxylic acids is 1. The van der Waals surface area contributed by atoms with E-state index in [-0.39, 0.29) is 6.42 Å². The van der Waals surface area contributed by atoms with Gasteiger partial charge in [0.25, 0.3) is 5.91 Å². The van der Waals surface area contributed by atoms with Crippen molar-refractivity contribution in [1.82, 2.24) is 5.32 Å². The number of hydrogen-bond donors (Lipinski definition) is 2. The number of benzene rings is 2. The first-order chi connectivity index (χ1) is 11.5. The molecule has 0 aromatic heterocycles. The van der Waals surface area contributed by atoms with Gasteiger partial charge in [-0.3, -0.25) is 4.79 Å². The lowest BCUT2D eigenvalue weighted by molar-refractivity contribution is -0.144. The van der Waals surface area contributed by atoms with Gasteiger partial charge in [-0.25, -0.2) is 4.79 Å². The Bertz CT molecular complexity index is 700. The molecule has 24 heavy (non-hydrogen) atoms. The van der Waals surface area contributed by atoms with Crippen LogP contribution in [-0.4, -0.2) is 30.1 Å². The van der Waals surface area contributed by atoms with Gasteiger partial charge in [-0.2, -0.15) is 0 Å². The van der Waals surface area contributed by atoms with Crippen molar-refractivity contribution in [3.8, 4) is 0 Å². The van der Waals surface area contributed by atoms with E-state index in [0.29, 0.717) is 5.56 Å². The molecule has 5 heteroatoms. The van der Waals surface area contributed by atoms with Crippen LogP contribution in [0.4, 0.5) is 0 Å². The summed E-state index contributed by atoms with van der Waals surface area (Å²) in [5, 5.41) is 12.0. The fourth-order valence-corrected chi connectivity index (χ4v) is 2.54. The monoisotopic (exact) mass is 327 g/mol. The van der Waals surface area contributed by atoms with Gasteiger partial charge in [-0.15, -0.1) is 0 Å². The minimum atomic E-state index is -1.08. The van der Waals surface area contributed by atoms with Gasteiger partial charge in [-0.1, -0.05) is 60.2 Å². The molecule has 0 saturated carbocycles. The zero-order chi connectivity index (χ0) is 17.5. The lowest BCUT2D eigenvalue weighted by atomic mass is 10.0. The molecule has 2 aromatic rings. The van der Waals surface area contributed by atoms with Crippen molar-refractivity contribution < 1.29 is 19.4 Å². The van der Waals surface area contributed by atoms with Gasteiger partial charge in [0.1, 0.15) is 6.04 Å². The van der Waals surface area contributed by atoms with Gasteiger partial charge in [0, 0.05) is 13.5 Å². The first-order valence-corrected chi connectivity index (χ1v) is 7.67. The Morgan fingerprint density at radius 3 is 2.42 bits per heavy atom. The Labute approximate surface area is 141 Å². The van der Waals surface area contributed by atoms with Gasteiger partial charge in [0.2, 0.25) is 0 Å². The van der Waals surface area contributed by atoms with Crippen molar-refractivity contribution in [2.45, 2.75) is 25.5 Å². The van der Waals surface area contributed by atoms with Gasteiger partial charge >= 0.3 is 5.97 Å². The second-order valence-electron chi connectivity index (χ2n) is 5.62. The number of carboxylic acids is 1. The molecule has 0 bridgehead atoms. The summed E-state index contributed by atoms with van der Waals surface area (Å²) < 4.78 is 5.24. The highest BCUT2D eigenvalue weighted by Crippen LogP contribution is 2.17. The number of carboxylic acid groups (broad SMARTS) is 1. The van der Waals surface area contributed by atoms with E-state index in [1.807, 2.05) is 37.3 Å². The van der Waals surface area contributed by atoms with E-state index in [0.717, 1.165) is 11.1 Å². The van der Waals surface area contributed by atoms with E-state index in [9.17, 15) is 14.7 Å². The standard InChI is InChI=1S/C19H21NO4/c1-13-7-6-8-14(11-13)12-16(19(22)23)20-18(21)17(24-2)15-9-4-3-5-10-15/h3-11,16-17H,12H2,1-2H3,(H,20,21)(H,22,23)/t16-,17-/m1/s1. The maximum Gasteiger partial charge on any atom is 0.326 e. The molecule has 0 saturated heterocycles.